The molecule has 0 radical (unpaired) electrons. The number of carbonyl (C=O) groups is 1. The second-order valence-corrected chi connectivity index (χ2v) is 8.33. The maximum absolute atomic E-state index is 14.8. The third kappa shape index (κ3) is 2.36. The number of hydrogen-bond donors (Lipinski definition) is 1. The van der Waals surface area contributed by atoms with Gasteiger partial charge in [0.25, 0.3) is 0 Å². The lowest BCUT2D eigenvalue weighted by molar-refractivity contribution is -0.118. The molecule has 2 heterocycles. The Morgan fingerprint density at radius 2 is 2.00 bits per heavy atom. The number of carbonyl (C=O) groups excluding carboxylic acids is 1. The van der Waals surface area contributed by atoms with Crippen molar-refractivity contribution >= 4 is 17.4 Å². The van der Waals surface area contributed by atoms with Crippen LogP contribution in [0.15, 0.2) is 51.1 Å². The lowest BCUT2D eigenvalue weighted by Gasteiger charge is -2.44. The third-order valence-corrected chi connectivity index (χ3v) is 5.64. The molecule has 130 valence electrons. The van der Waals surface area contributed by atoms with Gasteiger partial charge in [-0.25, -0.2) is 4.39 Å². The monoisotopic (exact) mass is 359 g/mol. The Morgan fingerprint density at radius 3 is 2.76 bits per heavy atom. The lowest BCUT2D eigenvalue weighted by Crippen LogP contribution is -2.45. The molecule has 0 bridgehead atoms. The molecular weight excluding hydrogens is 341 g/mol. The summed E-state index contributed by atoms with van der Waals surface area (Å²) in [5.41, 5.74) is 1.61. The highest BCUT2D eigenvalue weighted by Crippen LogP contribution is 2.52. The Balaban J connectivity index is 1.99. The van der Waals surface area contributed by atoms with Crippen molar-refractivity contribution in [1.29, 1.82) is 0 Å². The molecular formula is C19H19ClFN3O. The standard InChI is InChI=1S/C19H19ClFN3O/c1-18(2)7-14-16(15(25)8-18)19(3,12-9-22-24-17(12)23-14)11-6-10(20)4-5-13(11)21/h4-6,23H,7-9H2,1-3H3. The number of halogens is 2. The van der Waals surface area contributed by atoms with Gasteiger partial charge in [-0.2, -0.15) is 5.11 Å². The summed E-state index contributed by atoms with van der Waals surface area (Å²) < 4.78 is 14.8. The summed E-state index contributed by atoms with van der Waals surface area (Å²) in [6.07, 6.45) is 1.14. The van der Waals surface area contributed by atoms with Gasteiger partial charge in [-0.1, -0.05) is 25.4 Å². The van der Waals surface area contributed by atoms with Crippen molar-refractivity contribution in [3.63, 3.8) is 0 Å². The van der Waals surface area contributed by atoms with Crippen molar-refractivity contribution in [2.24, 2.45) is 15.6 Å². The summed E-state index contributed by atoms with van der Waals surface area (Å²) >= 11 is 6.15. The topological polar surface area (TPSA) is 53.8 Å². The Morgan fingerprint density at radius 1 is 1.24 bits per heavy atom. The zero-order chi connectivity index (χ0) is 18.0. The van der Waals surface area contributed by atoms with E-state index in [2.05, 4.69) is 29.4 Å². The van der Waals surface area contributed by atoms with Crippen molar-refractivity contribution in [2.45, 2.75) is 39.0 Å². The van der Waals surface area contributed by atoms with Crippen molar-refractivity contribution in [2.75, 3.05) is 6.54 Å². The van der Waals surface area contributed by atoms with Gasteiger partial charge in [0.05, 0.1) is 12.0 Å². The number of Topliss-reactive ketones (excluding diaryl/α,β-unsaturated/α-hetero) is 1. The second kappa shape index (κ2) is 5.24. The van der Waals surface area contributed by atoms with E-state index < -0.39 is 5.41 Å². The van der Waals surface area contributed by atoms with E-state index in [0.29, 0.717) is 41.4 Å². The molecule has 1 unspecified atom stereocenters. The minimum absolute atomic E-state index is 0.0408. The maximum Gasteiger partial charge on any atom is 0.162 e. The van der Waals surface area contributed by atoms with E-state index in [-0.39, 0.29) is 17.0 Å². The fourth-order valence-electron chi connectivity index (χ4n) is 4.29. The quantitative estimate of drug-likeness (QED) is 0.792. The van der Waals surface area contributed by atoms with Gasteiger partial charge in [-0.15, -0.1) is 5.11 Å². The predicted molar refractivity (Wildman–Crippen MR) is 93.7 cm³/mol. The van der Waals surface area contributed by atoms with Crippen LogP contribution < -0.4 is 5.32 Å². The first kappa shape index (κ1) is 16.5. The largest absolute Gasteiger partial charge is 0.342 e. The highest BCUT2D eigenvalue weighted by Gasteiger charge is 2.50. The minimum Gasteiger partial charge on any atom is -0.342 e. The van der Waals surface area contributed by atoms with Gasteiger partial charge >= 0.3 is 0 Å². The summed E-state index contributed by atoms with van der Waals surface area (Å²) in [7, 11) is 0. The fraction of sp³-hybridized carbons (Fsp3) is 0.421. The molecule has 1 N–H and O–H groups in total. The molecule has 6 heteroatoms. The molecule has 4 rings (SSSR count). The van der Waals surface area contributed by atoms with E-state index in [1.165, 1.54) is 12.1 Å². The zero-order valence-corrected chi connectivity index (χ0v) is 15.2. The van der Waals surface area contributed by atoms with Crippen molar-refractivity contribution in [3.05, 3.63) is 57.3 Å². The van der Waals surface area contributed by atoms with Gasteiger partial charge < -0.3 is 5.32 Å². The first-order valence-electron chi connectivity index (χ1n) is 8.33. The SMILES string of the molecule is CC1(C)CC(=O)C2=C(C1)NC1=C(CN=N1)C2(C)c1cc(Cl)ccc1F. The molecule has 3 aliphatic rings. The van der Waals surface area contributed by atoms with Crippen LogP contribution in [0.1, 0.15) is 39.2 Å². The normalized spacial score (nSPS) is 27.3. The van der Waals surface area contributed by atoms with E-state index in [4.69, 9.17) is 11.6 Å². The van der Waals surface area contributed by atoms with Gasteiger partial charge in [0.15, 0.2) is 11.6 Å². The van der Waals surface area contributed by atoms with Crippen LogP contribution in [0.4, 0.5) is 4.39 Å². The van der Waals surface area contributed by atoms with Crippen LogP contribution in [-0.2, 0) is 10.2 Å². The number of hydrogen-bond acceptors (Lipinski definition) is 4. The molecule has 0 spiro atoms. The number of nitrogens with one attached hydrogen (secondary N) is 1. The summed E-state index contributed by atoms with van der Waals surface area (Å²) in [4.78, 5) is 13.1. The number of dihydropyridines is 1. The molecule has 1 aliphatic carbocycles. The molecule has 1 aromatic rings. The van der Waals surface area contributed by atoms with Crippen LogP contribution in [0, 0.1) is 11.2 Å². The number of azo groups is 1. The molecule has 4 nitrogen and oxygen atoms in total. The van der Waals surface area contributed by atoms with E-state index in [9.17, 15) is 9.18 Å². The molecule has 0 aromatic heterocycles. The van der Waals surface area contributed by atoms with E-state index in [1.807, 2.05) is 6.92 Å². The van der Waals surface area contributed by atoms with Crippen molar-refractivity contribution < 1.29 is 9.18 Å². The van der Waals surface area contributed by atoms with E-state index in [1.54, 1.807) is 6.07 Å². The van der Waals surface area contributed by atoms with Crippen LogP contribution in [0.2, 0.25) is 5.02 Å². The van der Waals surface area contributed by atoms with Crippen LogP contribution in [0.25, 0.3) is 0 Å². The molecule has 25 heavy (non-hydrogen) atoms. The van der Waals surface area contributed by atoms with Gasteiger partial charge in [0.2, 0.25) is 0 Å². The van der Waals surface area contributed by atoms with E-state index >= 15 is 0 Å². The van der Waals surface area contributed by atoms with Crippen LogP contribution in [0.5, 0.6) is 0 Å². The number of benzene rings is 1. The molecule has 0 fully saturated rings. The average Bonchev–Trinajstić information content (AvgIpc) is 2.96. The molecule has 0 saturated carbocycles. The Hall–Kier alpha value is -2.01. The Bertz CT molecular complexity index is 900. The summed E-state index contributed by atoms with van der Waals surface area (Å²) in [6.45, 7) is 6.36. The highest BCUT2D eigenvalue weighted by molar-refractivity contribution is 6.30. The summed E-state index contributed by atoms with van der Waals surface area (Å²) in [6, 6.07) is 4.49. The van der Waals surface area contributed by atoms with Gasteiger partial charge in [0, 0.05) is 33.9 Å². The van der Waals surface area contributed by atoms with Gasteiger partial charge in [0.1, 0.15) is 5.82 Å². The average molecular weight is 360 g/mol. The number of nitrogens with zero attached hydrogens (tertiary/aromatic N) is 2. The second-order valence-electron chi connectivity index (χ2n) is 7.90. The first-order valence-corrected chi connectivity index (χ1v) is 8.71. The van der Waals surface area contributed by atoms with Crippen LogP contribution in [-0.4, -0.2) is 12.3 Å². The lowest BCUT2D eigenvalue weighted by atomic mass is 9.61. The summed E-state index contributed by atoms with van der Waals surface area (Å²) in [5.74, 6) is 0.294. The number of allylic oxidation sites excluding steroid dienone is 2. The van der Waals surface area contributed by atoms with Gasteiger partial charge in [-0.05, 0) is 37.0 Å². The predicted octanol–water partition coefficient (Wildman–Crippen LogP) is 4.66. The van der Waals surface area contributed by atoms with Crippen molar-refractivity contribution in [3.8, 4) is 0 Å². The van der Waals surface area contributed by atoms with Crippen LogP contribution in [0.3, 0.4) is 0 Å². The molecule has 0 saturated heterocycles. The van der Waals surface area contributed by atoms with E-state index in [0.717, 1.165) is 11.3 Å². The van der Waals surface area contributed by atoms with Crippen molar-refractivity contribution in [1.82, 2.24) is 5.32 Å². The Kier molecular flexibility index (Phi) is 3.45. The highest BCUT2D eigenvalue weighted by atomic mass is 35.5. The molecule has 0 amide bonds. The minimum atomic E-state index is -0.915. The number of ketones is 1. The molecule has 2 aliphatic heterocycles. The number of rotatable bonds is 1. The maximum atomic E-state index is 14.8. The molecule has 1 atom stereocenters. The van der Waals surface area contributed by atoms with Gasteiger partial charge in [-0.3, -0.25) is 4.79 Å². The zero-order valence-electron chi connectivity index (χ0n) is 14.4. The molecule has 1 aromatic carbocycles. The summed E-state index contributed by atoms with van der Waals surface area (Å²) in [5, 5.41) is 12.0. The first-order chi connectivity index (χ1) is 11.7. The smallest absolute Gasteiger partial charge is 0.162 e. The Labute approximate surface area is 150 Å². The third-order valence-electron chi connectivity index (χ3n) is 5.40. The van der Waals surface area contributed by atoms with Crippen LogP contribution >= 0.6 is 11.6 Å². The fourth-order valence-corrected chi connectivity index (χ4v) is 4.46.